The molecule has 0 aliphatic heterocycles. The molecule has 1 aliphatic carbocycles. The second-order valence-electron chi connectivity index (χ2n) is 11.0. The summed E-state index contributed by atoms with van der Waals surface area (Å²) in [6.45, 7) is 14.1. The molecule has 8 nitrogen and oxygen atoms in total. The predicted molar refractivity (Wildman–Crippen MR) is 136 cm³/mol. The zero-order valence-corrected chi connectivity index (χ0v) is 22.1. The number of allylic oxidation sites excluding steroid dienone is 2. The summed E-state index contributed by atoms with van der Waals surface area (Å²) in [5.41, 5.74) is 7.47. The van der Waals surface area contributed by atoms with E-state index in [0.717, 1.165) is 36.6 Å². The highest BCUT2D eigenvalue weighted by atomic mass is 32.2. The molecule has 5 N–H and O–H groups in total. The number of nitrogens with zero attached hydrogens (tertiary/aromatic N) is 1. The Labute approximate surface area is 199 Å². The molecule has 1 saturated carbocycles. The maximum Gasteiger partial charge on any atom is 0.246 e. The van der Waals surface area contributed by atoms with Gasteiger partial charge in [-0.2, -0.15) is 0 Å². The highest BCUT2D eigenvalue weighted by Gasteiger charge is 2.41. The molecule has 2 rings (SSSR count). The summed E-state index contributed by atoms with van der Waals surface area (Å²) in [5.74, 6) is 0.309. The Morgan fingerprint density at radius 2 is 1.88 bits per heavy atom. The number of sulfonamides is 1. The number of carbonyl (C=O) groups excluding carboxylic acids is 1. The molecule has 0 radical (unpaired) electrons. The molecular formula is C24H41N5O3S. The van der Waals surface area contributed by atoms with Crippen LogP contribution in [0.25, 0.3) is 0 Å². The van der Waals surface area contributed by atoms with Gasteiger partial charge in [-0.15, -0.1) is 0 Å². The highest BCUT2D eigenvalue weighted by molar-refractivity contribution is 7.94. The van der Waals surface area contributed by atoms with E-state index in [-0.39, 0.29) is 33.4 Å². The van der Waals surface area contributed by atoms with Crippen LogP contribution in [0.3, 0.4) is 0 Å². The van der Waals surface area contributed by atoms with E-state index < -0.39 is 15.8 Å². The van der Waals surface area contributed by atoms with E-state index in [0.29, 0.717) is 6.42 Å². The minimum Gasteiger partial charge on any atom is -0.401 e. The highest BCUT2D eigenvalue weighted by Crippen LogP contribution is 2.43. The van der Waals surface area contributed by atoms with Crippen LogP contribution in [0.4, 0.5) is 11.5 Å². The minimum atomic E-state index is -4.03. The van der Waals surface area contributed by atoms with Crippen LogP contribution in [0, 0.1) is 10.8 Å². The average molecular weight is 480 g/mol. The number of hydrogen-bond acceptors (Lipinski definition) is 7. The van der Waals surface area contributed by atoms with Crippen LogP contribution in [0.2, 0.25) is 0 Å². The lowest BCUT2D eigenvalue weighted by Crippen LogP contribution is -2.49. The number of rotatable bonds is 8. The fraction of sp³-hybridized carbons (Fsp3) is 0.667. The third-order valence-electron chi connectivity index (χ3n) is 6.23. The molecule has 1 aliphatic rings. The summed E-state index contributed by atoms with van der Waals surface area (Å²) in [5, 5.41) is 6.63. The molecule has 0 spiro atoms. The third kappa shape index (κ3) is 6.93. The molecular weight excluding hydrogens is 438 g/mol. The largest absolute Gasteiger partial charge is 0.401 e. The SMILES string of the molecule is CNc1nc(C2CCC(C)(C)C(NS(=O)(=O)C(C(C)=O)=C(C)N)C2)ccc1NCC(C)(C)C. The Hall–Kier alpha value is -2.13. The van der Waals surface area contributed by atoms with E-state index in [4.69, 9.17) is 10.7 Å². The quantitative estimate of drug-likeness (QED) is 0.416. The molecule has 1 fully saturated rings. The number of pyridine rings is 1. The average Bonchev–Trinajstić information content (AvgIpc) is 2.66. The van der Waals surface area contributed by atoms with Crippen LogP contribution in [0.15, 0.2) is 22.7 Å². The zero-order chi connectivity index (χ0) is 25.2. The Morgan fingerprint density at radius 1 is 1.24 bits per heavy atom. The first-order valence-corrected chi connectivity index (χ1v) is 13.0. The Kier molecular flexibility index (Phi) is 8.23. The Balaban J connectivity index is 2.29. The topological polar surface area (TPSA) is 126 Å². The molecule has 0 bridgehead atoms. The molecule has 1 aromatic rings. The smallest absolute Gasteiger partial charge is 0.246 e. The van der Waals surface area contributed by atoms with Crippen molar-refractivity contribution < 1.29 is 13.2 Å². The standard InChI is InChI=1S/C24H41N5O3S/c1-15(25)21(16(2)30)33(31,32)29-20-13-17(11-12-24(20,6)7)18-9-10-19(22(26-8)28-18)27-14-23(3,4)5/h9-10,17,20,27,29H,11-14,25H2,1-8H3,(H,26,28). The summed E-state index contributed by atoms with van der Waals surface area (Å²) < 4.78 is 28.8. The number of ketones is 1. The summed E-state index contributed by atoms with van der Waals surface area (Å²) >= 11 is 0. The van der Waals surface area contributed by atoms with Gasteiger partial charge < -0.3 is 16.4 Å². The van der Waals surface area contributed by atoms with Crippen LogP contribution >= 0.6 is 0 Å². The van der Waals surface area contributed by atoms with Crippen molar-refractivity contribution in [3.05, 3.63) is 28.4 Å². The van der Waals surface area contributed by atoms with Crippen LogP contribution in [-0.4, -0.2) is 38.8 Å². The van der Waals surface area contributed by atoms with Crippen molar-refractivity contribution in [2.24, 2.45) is 16.6 Å². The maximum absolute atomic E-state index is 13.0. The van der Waals surface area contributed by atoms with Gasteiger partial charge in [0.15, 0.2) is 5.78 Å². The lowest BCUT2D eigenvalue weighted by atomic mass is 9.69. The normalized spacial score (nSPS) is 21.8. The maximum atomic E-state index is 13.0. The number of anilines is 2. The molecule has 0 saturated heterocycles. The molecule has 186 valence electrons. The number of nitrogens with one attached hydrogen (secondary N) is 3. The third-order valence-corrected chi connectivity index (χ3v) is 7.97. The van der Waals surface area contributed by atoms with Crippen molar-refractivity contribution in [1.82, 2.24) is 9.71 Å². The van der Waals surface area contributed by atoms with Gasteiger partial charge in [-0.05, 0) is 56.1 Å². The molecule has 1 aromatic heterocycles. The van der Waals surface area contributed by atoms with Crippen molar-refractivity contribution in [2.45, 2.75) is 79.7 Å². The Morgan fingerprint density at radius 3 is 2.39 bits per heavy atom. The molecule has 9 heteroatoms. The monoisotopic (exact) mass is 479 g/mol. The van der Waals surface area contributed by atoms with Gasteiger partial charge in [0.05, 0.1) is 5.69 Å². The molecule has 0 amide bonds. The van der Waals surface area contributed by atoms with E-state index in [1.54, 1.807) is 0 Å². The molecule has 2 unspecified atom stereocenters. The van der Waals surface area contributed by atoms with E-state index in [1.165, 1.54) is 13.8 Å². The number of hydrogen-bond donors (Lipinski definition) is 4. The van der Waals surface area contributed by atoms with E-state index in [1.807, 2.05) is 19.2 Å². The van der Waals surface area contributed by atoms with Crippen molar-refractivity contribution in [3.63, 3.8) is 0 Å². The first-order valence-electron chi connectivity index (χ1n) is 11.5. The van der Waals surface area contributed by atoms with Gasteiger partial charge in [0, 0.05) is 36.9 Å². The fourth-order valence-corrected chi connectivity index (χ4v) is 5.95. The van der Waals surface area contributed by atoms with Gasteiger partial charge in [0.2, 0.25) is 10.0 Å². The number of nitrogens with two attached hydrogens (primary N) is 1. The first-order chi connectivity index (χ1) is 15.1. The number of aromatic nitrogens is 1. The van der Waals surface area contributed by atoms with Crippen molar-refractivity contribution in [3.8, 4) is 0 Å². The second kappa shape index (κ2) is 10.0. The van der Waals surface area contributed by atoms with Crippen LogP contribution in [0.1, 0.15) is 79.3 Å². The fourth-order valence-electron chi connectivity index (χ4n) is 4.24. The van der Waals surface area contributed by atoms with Gasteiger partial charge in [-0.25, -0.2) is 18.1 Å². The van der Waals surface area contributed by atoms with Gasteiger partial charge >= 0.3 is 0 Å². The van der Waals surface area contributed by atoms with Crippen LogP contribution in [-0.2, 0) is 14.8 Å². The minimum absolute atomic E-state index is 0.00107. The lowest BCUT2D eigenvalue weighted by molar-refractivity contribution is -0.113. The summed E-state index contributed by atoms with van der Waals surface area (Å²) in [7, 11) is -2.18. The van der Waals surface area contributed by atoms with Crippen molar-refractivity contribution >= 4 is 27.3 Å². The summed E-state index contributed by atoms with van der Waals surface area (Å²) in [6.07, 6.45) is 2.32. The van der Waals surface area contributed by atoms with Gasteiger partial charge in [-0.3, -0.25) is 4.79 Å². The molecule has 33 heavy (non-hydrogen) atoms. The molecule has 1 heterocycles. The van der Waals surface area contributed by atoms with Crippen molar-refractivity contribution in [2.75, 3.05) is 24.2 Å². The zero-order valence-electron chi connectivity index (χ0n) is 21.3. The predicted octanol–water partition coefficient (Wildman–Crippen LogP) is 3.94. The number of Topliss-reactive ketones (excluding diaryl/α,β-unsaturated/α-hetero) is 1. The lowest BCUT2D eigenvalue weighted by Gasteiger charge is -2.42. The molecule has 2 atom stereocenters. The summed E-state index contributed by atoms with van der Waals surface area (Å²) in [6, 6.07) is 3.70. The van der Waals surface area contributed by atoms with E-state index in [2.05, 4.69) is 50.0 Å². The van der Waals surface area contributed by atoms with Gasteiger partial charge in [0.1, 0.15) is 10.7 Å². The first kappa shape index (κ1) is 27.1. The second-order valence-corrected chi connectivity index (χ2v) is 12.6. The van der Waals surface area contributed by atoms with Gasteiger partial charge in [-0.1, -0.05) is 34.6 Å². The number of carbonyl (C=O) groups is 1. The molecule has 0 aromatic carbocycles. The van der Waals surface area contributed by atoms with E-state index in [9.17, 15) is 13.2 Å². The van der Waals surface area contributed by atoms with E-state index >= 15 is 0 Å². The van der Waals surface area contributed by atoms with Crippen LogP contribution < -0.4 is 21.1 Å². The van der Waals surface area contributed by atoms with Gasteiger partial charge in [0.25, 0.3) is 0 Å². The Bertz CT molecular complexity index is 1010. The van der Waals surface area contributed by atoms with Crippen LogP contribution in [0.5, 0.6) is 0 Å². The van der Waals surface area contributed by atoms with Crippen molar-refractivity contribution in [1.29, 1.82) is 0 Å². The summed E-state index contributed by atoms with van der Waals surface area (Å²) in [4.78, 5) is 16.5.